The van der Waals surface area contributed by atoms with E-state index in [9.17, 15) is 0 Å². The van der Waals surface area contributed by atoms with Gasteiger partial charge in [0.15, 0.2) is 0 Å². The molecule has 1 unspecified atom stereocenters. The minimum absolute atomic E-state index is 0.491. The van der Waals surface area contributed by atoms with Gasteiger partial charge in [-0.25, -0.2) is 0 Å². The molecular weight excluding hydrogens is 248 g/mol. The Morgan fingerprint density at radius 3 is 2.25 bits per heavy atom. The van der Waals surface area contributed by atoms with Crippen LogP contribution in [-0.2, 0) is 17.8 Å². The van der Waals surface area contributed by atoms with Crippen LogP contribution in [0.2, 0.25) is 0 Å². The fourth-order valence-corrected chi connectivity index (χ4v) is 2.16. The first-order chi connectivity index (χ1) is 9.69. The highest BCUT2D eigenvalue weighted by molar-refractivity contribution is 5.22. The van der Waals surface area contributed by atoms with E-state index in [2.05, 4.69) is 55.3 Å². The first-order valence-corrected chi connectivity index (χ1v) is 7.72. The van der Waals surface area contributed by atoms with Crippen molar-refractivity contribution in [2.45, 2.75) is 46.3 Å². The Bertz CT molecular complexity index is 347. The van der Waals surface area contributed by atoms with Crippen LogP contribution in [-0.4, -0.2) is 37.7 Å². The number of hydrogen-bond acceptors (Lipinski definition) is 3. The van der Waals surface area contributed by atoms with Gasteiger partial charge in [-0.1, -0.05) is 38.1 Å². The topological polar surface area (TPSA) is 24.5 Å². The van der Waals surface area contributed by atoms with Gasteiger partial charge < -0.3 is 10.1 Å². The third kappa shape index (κ3) is 6.51. The van der Waals surface area contributed by atoms with E-state index in [0.717, 1.165) is 39.2 Å². The molecule has 0 aliphatic heterocycles. The number of methoxy groups -OCH3 is 1. The van der Waals surface area contributed by atoms with Crippen LogP contribution in [0, 0.1) is 0 Å². The zero-order valence-electron chi connectivity index (χ0n) is 13.5. The molecule has 0 fully saturated rings. The Labute approximate surface area is 124 Å². The molecule has 0 bridgehead atoms. The smallest absolute Gasteiger partial charge is 0.0476 e. The van der Waals surface area contributed by atoms with E-state index in [0.29, 0.717) is 6.04 Å². The first-order valence-electron chi connectivity index (χ1n) is 7.72. The van der Waals surface area contributed by atoms with Gasteiger partial charge in [0, 0.05) is 32.8 Å². The summed E-state index contributed by atoms with van der Waals surface area (Å²) in [6.45, 7) is 11.6. The second-order valence-corrected chi connectivity index (χ2v) is 5.34. The molecule has 1 aromatic carbocycles. The molecule has 0 radical (unpaired) electrons. The van der Waals surface area contributed by atoms with Crippen LogP contribution in [0.4, 0.5) is 0 Å². The average molecular weight is 278 g/mol. The van der Waals surface area contributed by atoms with Crippen molar-refractivity contribution in [3.8, 4) is 0 Å². The summed E-state index contributed by atoms with van der Waals surface area (Å²) in [7, 11) is 1.75. The number of ether oxygens (including phenoxy) is 1. The van der Waals surface area contributed by atoms with Crippen LogP contribution in [0.15, 0.2) is 24.3 Å². The monoisotopic (exact) mass is 278 g/mol. The summed E-state index contributed by atoms with van der Waals surface area (Å²) in [5.74, 6) is 0. The zero-order valence-corrected chi connectivity index (χ0v) is 13.5. The number of rotatable bonds is 10. The highest BCUT2D eigenvalue weighted by Crippen LogP contribution is 2.08. The Kier molecular flexibility index (Phi) is 8.51. The molecule has 20 heavy (non-hydrogen) atoms. The summed E-state index contributed by atoms with van der Waals surface area (Å²) in [6.07, 6.45) is 1.05. The van der Waals surface area contributed by atoms with Crippen LogP contribution < -0.4 is 5.32 Å². The zero-order chi connectivity index (χ0) is 14.8. The Hall–Kier alpha value is -0.900. The van der Waals surface area contributed by atoms with Gasteiger partial charge in [0.2, 0.25) is 0 Å². The molecule has 0 spiro atoms. The minimum Gasteiger partial charge on any atom is -0.385 e. The summed E-state index contributed by atoms with van der Waals surface area (Å²) in [4.78, 5) is 2.43. The van der Waals surface area contributed by atoms with E-state index in [1.165, 1.54) is 11.1 Å². The molecule has 0 aliphatic rings. The lowest BCUT2D eigenvalue weighted by Gasteiger charge is -2.18. The lowest BCUT2D eigenvalue weighted by atomic mass is 10.1. The molecular formula is C17H30N2O. The van der Waals surface area contributed by atoms with Crippen molar-refractivity contribution in [2.75, 3.05) is 26.8 Å². The van der Waals surface area contributed by atoms with Crippen LogP contribution in [0.25, 0.3) is 0 Å². The van der Waals surface area contributed by atoms with Crippen molar-refractivity contribution in [1.29, 1.82) is 0 Å². The van der Waals surface area contributed by atoms with E-state index in [4.69, 9.17) is 4.74 Å². The summed E-state index contributed by atoms with van der Waals surface area (Å²) in [5, 5.41) is 3.53. The maximum absolute atomic E-state index is 5.09. The lowest BCUT2D eigenvalue weighted by molar-refractivity contribution is 0.184. The molecule has 3 nitrogen and oxygen atoms in total. The Morgan fingerprint density at radius 1 is 1.10 bits per heavy atom. The maximum Gasteiger partial charge on any atom is 0.0476 e. The van der Waals surface area contributed by atoms with Crippen LogP contribution in [0.1, 0.15) is 38.3 Å². The van der Waals surface area contributed by atoms with E-state index in [1.54, 1.807) is 7.11 Å². The molecule has 0 amide bonds. The van der Waals surface area contributed by atoms with Crippen molar-refractivity contribution in [3.63, 3.8) is 0 Å². The van der Waals surface area contributed by atoms with Gasteiger partial charge in [-0.3, -0.25) is 4.90 Å². The lowest BCUT2D eigenvalue weighted by Crippen LogP contribution is -2.26. The van der Waals surface area contributed by atoms with Crippen LogP contribution in [0.3, 0.4) is 0 Å². The molecule has 0 heterocycles. The van der Waals surface area contributed by atoms with E-state index >= 15 is 0 Å². The third-order valence-corrected chi connectivity index (χ3v) is 3.73. The highest BCUT2D eigenvalue weighted by atomic mass is 16.5. The molecule has 0 saturated heterocycles. The second-order valence-electron chi connectivity index (χ2n) is 5.34. The Morgan fingerprint density at radius 2 is 1.70 bits per heavy atom. The quantitative estimate of drug-likeness (QED) is 0.712. The Balaban J connectivity index is 2.38. The standard InChI is InChI=1S/C17H30N2O/c1-5-19(6-2)14-17-9-7-16(8-10-17)13-18-15(3)11-12-20-4/h7-10,15,18H,5-6,11-14H2,1-4H3. The van der Waals surface area contributed by atoms with Gasteiger partial charge in [0.25, 0.3) is 0 Å². The van der Waals surface area contributed by atoms with Crippen molar-refractivity contribution in [3.05, 3.63) is 35.4 Å². The third-order valence-electron chi connectivity index (χ3n) is 3.73. The summed E-state index contributed by atoms with van der Waals surface area (Å²) >= 11 is 0. The predicted octanol–water partition coefficient (Wildman–Crippen LogP) is 3.04. The summed E-state index contributed by atoms with van der Waals surface area (Å²) < 4.78 is 5.09. The number of nitrogens with one attached hydrogen (secondary N) is 1. The first kappa shape index (κ1) is 17.2. The van der Waals surface area contributed by atoms with Gasteiger partial charge in [-0.2, -0.15) is 0 Å². The maximum atomic E-state index is 5.09. The fraction of sp³-hybridized carbons (Fsp3) is 0.647. The number of benzene rings is 1. The molecule has 114 valence electrons. The largest absolute Gasteiger partial charge is 0.385 e. The predicted molar refractivity (Wildman–Crippen MR) is 85.9 cm³/mol. The summed E-state index contributed by atoms with van der Waals surface area (Å²) in [6, 6.07) is 9.44. The molecule has 0 aromatic heterocycles. The van der Waals surface area contributed by atoms with Gasteiger partial charge in [-0.15, -0.1) is 0 Å². The summed E-state index contributed by atoms with van der Waals surface area (Å²) in [5.41, 5.74) is 2.74. The van der Waals surface area contributed by atoms with Crippen LogP contribution >= 0.6 is 0 Å². The van der Waals surface area contributed by atoms with Crippen molar-refractivity contribution in [2.24, 2.45) is 0 Å². The molecule has 0 aliphatic carbocycles. The highest BCUT2D eigenvalue weighted by Gasteiger charge is 2.03. The minimum atomic E-state index is 0.491. The SMILES string of the molecule is CCN(CC)Cc1ccc(CNC(C)CCOC)cc1. The van der Waals surface area contributed by atoms with Gasteiger partial charge in [0.05, 0.1) is 0 Å². The molecule has 1 atom stereocenters. The molecule has 0 saturated carbocycles. The van der Waals surface area contributed by atoms with E-state index in [-0.39, 0.29) is 0 Å². The molecule has 1 rings (SSSR count). The van der Waals surface area contributed by atoms with Gasteiger partial charge in [-0.05, 0) is 37.6 Å². The molecule has 1 N–H and O–H groups in total. The van der Waals surface area contributed by atoms with Crippen molar-refractivity contribution < 1.29 is 4.74 Å². The van der Waals surface area contributed by atoms with E-state index in [1.807, 2.05) is 0 Å². The van der Waals surface area contributed by atoms with Crippen LogP contribution in [0.5, 0.6) is 0 Å². The van der Waals surface area contributed by atoms with Crippen molar-refractivity contribution in [1.82, 2.24) is 10.2 Å². The molecule has 3 heteroatoms. The normalized spacial score (nSPS) is 12.8. The number of hydrogen-bond donors (Lipinski definition) is 1. The fourth-order valence-electron chi connectivity index (χ4n) is 2.16. The van der Waals surface area contributed by atoms with Gasteiger partial charge >= 0.3 is 0 Å². The second kappa shape index (κ2) is 9.92. The van der Waals surface area contributed by atoms with Crippen molar-refractivity contribution >= 4 is 0 Å². The molecule has 1 aromatic rings. The average Bonchev–Trinajstić information content (AvgIpc) is 2.49. The van der Waals surface area contributed by atoms with Gasteiger partial charge in [0.1, 0.15) is 0 Å². The van der Waals surface area contributed by atoms with E-state index < -0.39 is 0 Å². The number of nitrogens with zero attached hydrogens (tertiary/aromatic N) is 1.